The van der Waals surface area contributed by atoms with Gasteiger partial charge in [0.05, 0.1) is 20.5 Å². The van der Waals surface area contributed by atoms with Gasteiger partial charge in [-0.25, -0.2) is 4.39 Å². The monoisotopic (exact) mass is 349 g/mol. The zero-order valence-corrected chi connectivity index (χ0v) is 13.1. The molecular weight excluding hydrogens is 341 g/mol. The minimum absolute atomic E-state index is 0.0142. The number of carbonyl (C=O) groups excluding carboxylic acids is 1. The average molecular weight is 350 g/mol. The molecule has 3 rings (SSSR count). The van der Waals surface area contributed by atoms with E-state index in [0.717, 1.165) is 11.3 Å². The van der Waals surface area contributed by atoms with Crippen molar-refractivity contribution in [3.8, 4) is 0 Å². The molecule has 0 atom stereocenters. The molecule has 0 unspecified atom stereocenters. The quantitative estimate of drug-likeness (QED) is 0.738. The number of aromatic amines is 1. The molecule has 0 aliphatic heterocycles. The Balaban J connectivity index is 2.01. The highest BCUT2D eigenvalue weighted by Gasteiger charge is 2.06. The van der Waals surface area contributed by atoms with Crippen LogP contribution in [0.4, 0.5) is 4.39 Å². The minimum atomic E-state index is -0.562. The Morgan fingerprint density at radius 2 is 2.17 bits per heavy atom. The van der Waals surface area contributed by atoms with E-state index in [4.69, 9.17) is 16.0 Å². The van der Waals surface area contributed by atoms with Crippen molar-refractivity contribution < 1.29 is 13.6 Å². The van der Waals surface area contributed by atoms with E-state index in [9.17, 15) is 14.0 Å². The van der Waals surface area contributed by atoms with Crippen LogP contribution in [0.3, 0.4) is 0 Å². The summed E-state index contributed by atoms with van der Waals surface area (Å²) in [6.45, 7) is 0. The number of furan rings is 1. The van der Waals surface area contributed by atoms with Gasteiger partial charge in [-0.2, -0.15) is 0 Å². The number of benzene rings is 1. The fourth-order valence-corrected chi connectivity index (χ4v) is 2.89. The normalized spacial score (nSPS) is 12.8. The summed E-state index contributed by atoms with van der Waals surface area (Å²) < 4.78 is 19.2. The topological polar surface area (TPSA) is 63.1 Å². The Bertz CT molecular complexity index is 1030. The van der Waals surface area contributed by atoms with E-state index < -0.39 is 5.82 Å². The van der Waals surface area contributed by atoms with E-state index in [-0.39, 0.29) is 22.1 Å². The van der Waals surface area contributed by atoms with Crippen molar-refractivity contribution in [1.82, 2.24) is 4.98 Å². The average Bonchev–Trinajstić information content (AvgIpc) is 3.14. The number of thiazole rings is 1. The highest BCUT2D eigenvalue weighted by Crippen LogP contribution is 2.15. The van der Waals surface area contributed by atoms with Crippen molar-refractivity contribution in [2.24, 2.45) is 0 Å². The van der Waals surface area contributed by atoms with Crippen LogP contribution in [-0.4, -0.2) is 10.8 Å². The lowest BCUT2D eigenvalue weighted by molar-refractivity contribution is 0.103. The molecule has 3 aromatic rings. The van der Waals surface area contributed by atoms with Gasteiger partial charge in [0, 0.05) is 6.08 Å². The third kappa shape index (κ3) is 3.49. The number of hydrogen-bond donors (Lipinski definition) is 1. The van der Waals surface area contributed by atoms with Crippen LogP contribution in [0.1, 0.15) is 16.1 Å². The Morgan fingerprint density at radius 1 is 1.35 bits per heavy atom. The summed E-state index contributed by atoms with van der Waals surface area (Å²) in [4.78, 5) is 26.4. The number of hydrogen-bond acceptors (Lipinski definition) is 4. The smallest absolute Gasteiger partial charge is 0.266 e. The van der Waals surface area contributed by atoms with Crippen LogP contribution in [0.25, 0.3) is 12.2 Å². The van der Waals surface area contributed by atoms with Crippen molar-refractivity contribution in [2.45, 2.75) is 0 Å². The van der Waals surface area contributed by atoms with Crippen molar-refractivity contribution in [3.63, 3.8) is 0 Å². The Morgan fingerprint density at radius 3 is 2.87 bits per heavy atom. The maximum atomic E-state index is 13.4. The molecule has 23 heavy (non-hydrogen) atoms. The van der Waals surface area contributed by atoms with Gasteiger partial charge in [-0.15, -0.1) is 11.3 Å². The summed E-state index contributed by atoms with van der Waals surface area (Å²) in [6.07, 6.45) is 4.20. The molecule has 0 spiro atoms. The van der Waals surface area contributed by atoms with Crippen molar-refractivity contribution in [1.29, 1.82) is 0 Å². The molecule has 1 N–H and O–H groups in total. The van der Waals surface area contributed by atoms with Gasteiger partial charge in [-0.05, 0) is 35.9 Å². The summed E-state index contributed by atoms with van der Waals surface area (Å²) in [5.41, 5.74) is 0.145. The zero-order valence-electron chi connectivity index (χ0n) is 11.5. The summed E-state index contributed by atoms with van der Waals surface area (Å²) in [7, 11) is 0. The molecule has 0 radical (unpaired) electrons. The summed E-state index contributed by atoms with van der Waals surface area (Å²) in [5.74, 6) is -0.727. The highest BCUT2D eigenvalue weighted by atomic mass is 35.5. The third-order valence-corrected chi connectivity index (χ3v) is 4.22. The first kappa shape index (κ1) is 15.5. The predicted molar refractivity (Wildman–Crippen MR) is 86.7 cm³/mol. The minimum Gasteiger partial charge on any atom is -0.461 e. The molecule has 4 nitrogen and oxygen atoms in total. The fraction of sp³-hybridized carbons (Fsp3) is 0. The number of Topliss-reactive ketones (excluding diaryl/α,β-unsaturated/α-hetero) is 1. The lowest BCUT2D eigenvalue weighted by atomic mass is 10.2. The fourth-order valence-electron chi connectivity index (χ4n) is 1.89. The molecule has 0 fully saturated rings. The second-order valence-electron chi connectivity index (χ2n) is 4.59. The molecule has 1 aromatic carbocycles. The highest BCUT2D eigenvalue weighted by molar-refractivity contribution is 7.07. The Labute approximate surface area is 138 Å². The first-order chi connectivity index (χ1) is 11.0. The van der Waals surface area contributed by atoms with Crippen LogP contribution in [0.15, 0.2) is 45.8 Å². The van der Waals surface area contributed by atoms with Crippen LogP contribution in [0, 0.1) is 5.82 Å². The van der Waals surface area contributed by atoms with E-state index in [1.807, 2.05) is 0 Å². The second-order valence-corrected chi connectivity index (χ2v) is 6.08. The molecule has 7 heteroatoms. The largest absolute Gasteiger partial charge is 0.461 e. The van der Waals surface area contributed by atoms with Crippen LogP contribution in [0.2, 0.25) is 5.02 Å². The molecule has 2 aromatic heterocycles. The number of aromatic nitrogens is 1. The standard InChI is InChI=1S/C16H9ClFNO3S/c17-10-4-3-9(6-11(10)18)7-14-16(21)19-15(23-14)8-12(20)13-2-1-5-22-13/h1-8H,(H,19,21)/b14-7+,15-8-. The number of halogens is 2. The van der Waals surface area contributed by atoms with Gasteiger partial charge in [-0.1, -0.05) is 17.7 Å². The van der Waals surface area contributed by atoms with Crippen molar-refractivity contribution in [2.75, 3.05) is 0 Å². The van der Waals surface area contributed by atoms with Crippen LogP contribution >= 0.6 is 22.9 Å². The summed E-state index contributed by atoms with van der Waals surface area (Å²) >= 11 is 6.71. The number of nitrogens with one attached hydrogen (secondary N) is 1. The van der Waals surface area contributed by atoms with Gasteiger partial charge < -0.3 is 9.40 Å². The Kier molecular flexibility index (Phi) is 4.27. The number of carbonyl (C=O) groups is 1. The van der Waals surface area contributed by atoms with Crippen LogP contribution in [0.5, 0.6) is 0 Å². The molecule has 0 amide bonds. The molecule has 0 aliphatic carbocycles. The molecule has 0 bridgehead atoms. The van der Waals surface area contributed by atoms with Gasteiger partial charge in [0.2, 0.25) is 5.78 Å². The van der Waals surface area contributed by atoms with Crippen molar-refractivity contribution >= 4 is 40.9 Å². The first-order valence-corrected chi connectivity index (χ1v) is 7.68. The van der Waals surface area contributed by atoms with E-state index in [1.165, 1.54) is 36.6 Å². The van der Waals surface area contributed by atoms with Gasteiger partial charge in [-0.3, -0.25) is 9.59 Å². The molecule has 0 saturated heterocycles. The zero-order chi connectivity index (χ0) is 16.4. The lowest BCUT2D eigenvalue weighted by Gasteiger charge is -1.94. The molecular formula is C16H9ClFNO3S. The predicted octanol–water partition coefficient (Wildman–Crippen LogP) is 2.31. The molecule has 116 valence electrons. The third-order valence-electron chi connectivity index (χ3n) is 2.95. The van der Waals surface area contributed by atoms with E-state index in [0.29, 0.717) is 14.8 Å². The van der Waals surface area contributed by atoms with E-state index in [1.54, 1.807) is 12.1 Å². The number of H-pyrrole nitrogens is 1. The van der Waals surface area contributed by atoms with Gasteiger partial charge >= 0.3 is 0 Å². The second kappa shape index (κ2) is 6.36. The van der Waals surface area contributed by atoms with Crippen molar-refractivity contribution in [3.05, 3.63) is 78.3 Å². The van der Waals surface area contributed by atoms with Crippen LogP contribution < -0.4 is 14.8 Å². The molecule has 2 heterocycles. The Hall–Kier alpha value is -2.44. The SMILES string of the molecule is O=C(/C=c1/[nH]c(=O)/c(=C\c2ccc(Cl)c(F)c2)s1)c1ccco1. The number of rotatable bonds is 3. The van der Waals surface area contributed by atoms with Gasteiger partial charge in [0.1, 0.15) is 5.82 Å². The lowest BCUT2D eigenvalue weighted by Crippen LogP contribution is -2.20. The number of ketones is 1. The maximum Gasteiger partial charge on any atom is 0.266 e. The maximum absolute atomic E-state index is 13.4. The van der Waals surface area contributed by atoms with E-state index >= 15 is 0 Å². The van der Waals surface area contributed by atoms with Crippen LogP contribution in [-0.2, 0) is 0 Å². The molecule has 0 aliphatic rings. The first-order valence-electron chi connectivity index (χ1n) is 6.48. The van der Waals surface area contributed by atoms with Gasteiger partial charge in [0.25, 0.3) is 5.56 Å². The van der Waals surface area contributed by atoms with Gasteiger partial charge in [0.15, 0.2) is 5.76 Å². The summed E-state index contributed by atoms with van der Waals surface area (Å²) in [6, 6.07) is 7.39. The van der Waals surface area contributed by atoms with E-state index in [2.05, 4.69) is 4.98 Å². The summed E-state index contributed by atoms with van der Waals surface area (Å²) in [5, 5.41) is 0.0142. The molecule has 0 saturated carbocycles.